The molecule has 1 aromatic rings. The Kier molecular flexibility index (Phi) is 5.90. The second-order valence-corrected chi connectivity index (χ2v) is 3.98. The van der Waals surface area contributed by atoms with E-state index in [2.05, 4.69) is 5.32 Å². The fourth-order valence-electron chi connectivity index (χ4n) is 1.32. The Morgan fingerprint density at radius 1 is 1.19 bits per heavy atom. The van der Waals surface area contributed by atoms with Gasteiger partial charge in [0.05, 0.1) is 0 Å². The van der Waals surface area contributed by atoms with E-state index in [0.717, 1.165) is 19.3 Å². The highest BCUT2D eigenvalue weighted by Gasteiger charge is 2.03. The summed E-state index contributed by atoms with van der Waals surface area (Å²) in [5.74, 6) is -0.0827. The zero-order chi connectivity index (χ0) is 11.8. The molecular weight excluding hydrogens is 226 g/mol. The van der Waals surface area contributed by atoms with Gasteiger partial charge in [0, 0.05) is 23.7 Å². The molecule has 0 atom stereocenters. The minimum absolute atomic E-state index is 0.0827. The van der Waals surface area contributed by atoms with Crippen molar-refractivity contribution >= 4 is 17.5 Å². The van der Waals surface area contributed by atoms with Gasteiger partial charge in [0.1, 0.15) is 0 Å². The molecule has 0 heterocycles. The number of carbonyl (C=O) groups excluding carboxylic acids is 1. The Morgan fingerprint density at radius 2 is 1.88 bits per heavy atom. The molecule has 0 saturated carbocycles. The summed E-state index contributed by atoms with van der Waals surface area (Å²) in [6.07, 6.45) is 2.61. The van der Waals surface area contributed by atoms with Gasteiger partial charge in [-0.15, -0.1) is 0 Å². The molecule has 2 N–H and O–H groups in total. The first kappa shape index (κ1) is 13.0. The molecule has 0 fully saturated rings. The molecule has 0 saturated heterocycles. The van der Waals surface area contributed by atoms with Crippen molar-refractivity contribution in [2.24, 2.45) is 0 Å². The molecule has 0 spiro atoms. The van der Waals surface area contributed by atoms with Crippen LogP contribution in [-0.4, -0.2) is 24.2 Å². The zero-order valence-electron chi connectivity index (χ0n) is 9.08. The van der Waals surface area contributed by atoms with Crippen molar-refractivity contribution in [1.82, 2.24) is 5.32 Å². The van der Waals surface area contributed by atoms with E-state index >= 15 is 0 Å². The van der Waals surface area contributed by atoms with Crippen LogP contribution in [0, 0.1) is 0 Å². The number of hydrogen-bond donors (Lipinski definition) is 2. The summed E-state index contributed by atoms with van der Waals surface area (Å²) in [5, 5.41) is 12.0. The summed E-state index contributed by atoms with van der Waals surface area (Å²) in [6, 6.07) is 6.79. The van der Waals surface area contributed by atoms with Gasteiger partial charge in [-0.3, -0.25) is 4.79 Å². The SMILES string of the molecule is O=C(NCCCCCO)c1ccc(Cl)cc1. The predicted octanol–water partition coefficient (Wildman–Crippen LogP) is 2.23. The monoisotopic (exact) mass is 241 g/mol. The minimum Gasteiger partial charge on any atom is -0.396 e. The Morgan fingerprint density at radius 3 is 2.50 bits per heavy atom. The van der Waals surface area contributed by atoms with Gasteiger partial charge in [-0.2, -0.15) is 0 Å². The summed E-state index contributed by atoms with van der Waals surface area (Å²) in [4.78, 5) is 11.6. The van der Waals surface area contributed by atoms with Gasteiger partial charge in [0.25, 0.3) is 5.91 Å². The fourth-order valence-corrected chi connectivity index (χ4v) is 1.44. The summed E-state index contributed by atoms with van der Waals surface area (Å²) in [7, 11) is 0. The molecule has 0 aliphatic rings. The molecule has 0 radical (unpaired) electrons. The van der Waals surface area contributed by atoms with Crippen molar-refractivity contribution in [3.63, 3.8) is 0 Å². The van der Waals surface area contributed by atoms with E-state index in [1.54, 1.807) is 24.3 Å². The maximum absolute atomic E-state index is 11.6. The van der Waals surface area contributed by atoms with Crippen LogP contribution >= 0.6 is 11.6 Å². The highest BCUT2D eigenvalue weighted by Crippen LogP contribution is 2.09. The highest BCUT2D eigenvalue weighted by atomic mass is 35.5. The number of benzene rings is 1. The van der Waals surface area contributed by atoms with Crippen molar-refractivity contribution in [2.45, 2.75) is 19.3 Å². The summed E-state index contributed by atoms with van der Waals surface area (Å²) >= 11 is 5.72. The largest absolute Gasteiger partial charge is 0.396 e. The first-order valence-electron chi connectivity index (χ1n) is 5.38. The summed E-state index contributed by atoms with van der Waals surface area (Å²) < 4.78 is 0. The topological polar surface area (TPSA) is 49.3 Å². The smallest absolute Gasteiger partial charge is 0.251 e. The predicted molar refractivity (Wildman–Crippen MR) is 64.7 cm³/mol. The molecule has 1 rings (SSSR count). The van der Waals surface area contributed by atoms with Gasteiger partial charge in [-0.25, -0.2) is 0 Å². The van der Waals surface area contributed by atoms with Crippen LogP contribution < -0.4 is 5.32 Å². The summed E-state index contributed by atoms with van der Waals surface area (Å²) in [5.41, 5.74) is 0.617. The van der Waals surface area contributed by atoms with Crippen molar-refractivity contribution in [1.29, 1.82) is 0 Å². The first-order chi connectivity index (χ1) is 7.74. The van der Waals surface area contributed by atoms with Crippen molar-refractivity contribution in [3.8, 4) is 0 Å². The molecule has 0 aliphatic carbocycles. The summed E-state index contributed by atoms with van der Waals surface area (Å²) in [6.45, 7) is 0.854. The van der Waals surface area contributed by atoms with E-state index in [-0.39, 0.29) is 12.5 Å². The van der Waals surface area contributed by atoms with Crippen molar-refractivity contribution in [3.05, 3.63) is 34.9 Å². The average molecular weight is 242 g/mol. The number of aliphatic hydroxyl groups is 1. The van der Waals surface area contributed by atoms with Crippen molar-refractivity contribution < 1.29 is 9.90 Å². The molecule has 0 aliphatic heterocycles. The molecule has 1 amide bonds. The molecule has 0 unspecified atom stereocenters. The molecule has 0 aromatic heterocycles. The number of amides is 1. The van der Waals surface area contributed by atoms with Crippen molar-refractivity contribution in [2.75, 3.05) is 13.2 Å². The van der Waals surface area contributed by atoms with E-state index < -0.39 is 0 Å². The van der Waals surface area contributed by atoms with Gasteiger partial charge in [0.15, 0.2) is 0 Å². The van der Waals surface area contributed by atoms with Gasteiger partial charge in [0.2, 0.25) is 0 Å². The van der Waals surface area contributed by atoms with Gasteiger partial charge >= 0.3 is 0 Å². The second-order valence-electron chi connectivity index (χ2n) is 3.55. The van der Waals surface area contributed by atoms with Gasteiger partial charge in [-0.1, -0.05) is 11.6 Å². The normalized spacial score (nSPS) is 10.1. The van der Waals surface area contributed by atoms with E-state index in [9.17, 15) is 4.79 Å². The lowest BCUT2D eigenvalue weighted by atomic mass is 10.2. The number of nitrogens with one attached hydrogen (secondary N) is 1. The van der Waals surface area contributed by atoms with Crippen LogP contribution in [0.25, 0.3) is 0 Å². The quantitative estimate of drug-likeness (QED) is 0.751. The number of rotatable bonds is 6. The third-order valence-corrected chi connectivity index (χ3v) is 2.48. The molecule has 3 nitrogen and oxygen atoms in total. The van der Waals surface area contributed by atoms with Crippen LogP contribution in [0.1, 0.15) is 29.6 Å². The van der Waals surface area contributed by atoms with Crippen LogP contribution in [0.2, 0.25) is 5.02 Å². The maximum Gasteiger partial charge on any atom is 0.251 e. The van der Waals surface area contributed by atoms with E-state index in [1.165, 1.54) is 0 Å². The molecule has 0 bridgehead atoms. The van der Waals surface area contributed by atoms with E-state index in [0.29, 0.717) is 17.1 Å². The third kappa shape index (κ3) is 4.64. The van der Waals surface area contributed by atoms with E-state index in [1.807, 2.05) is 0 Å². The molecule has 1 aromatic carbocycles. The average Bonchev–Trinajstić information content (AvgIpc) is 2.29. The second kappa shape index (κ2) is 7.25. The lowest BCUT2D eigenvalue weighted by Gasteiger charge is -2.04. The molecule has 4 heteroatoms. The maximum atomic E-state index is 11.6. The molecule has 88 valence electrons. The van der Waals surface area contributed by atoms with Crippen LogP contribution in [0.3, 0.4) is 0 Å². The Labute approximate surface area is 100 Å². The zero-order valence-corrected chi connectivity index (χ0v) is 9.83. The Balaban J connectivity index is 2.27. The molecular formula is C12H16ClNO2. The highest BCUT2D eigenvalue weighted by molar-refractivity contribution is 6.30. The number of unbranched alkanes of at least 4 members (excludes halogenated alkanes) is 2. The number of aliphatic hydroxyl groups excluding tert-OH is 1. The van der Waals surface area contributed by atoms with Crippen LogP contribution in [0.5, 0.6) is 0 Å². The Hall–Kier alpha value is -1.06. The minimum atomic E-state index is -0.0827. The van der Waals surface area contributed by atoms with Gasteiger partial charge < -0.3 is 10.4 Å². The number of hydrogen-bond acceptors (Lipinski definition) is 2. The number of carbonyl (C=O) groups is 1. The molecule has 16 heavy (non-hydrogen) atoms. The third-order valence-electron chi connectivity index (χ3n) is 2.23. The van der Waals surface area contributed by atoms with Crippen LogP contribution in [-0.2, 0) is 0 Å². The standard InChI is InChI=1S/C12H16ClNO2/c13-11-6-4-10(5-7-11)12(16)14-8-2-1-3-9-15/h4-7,15H,1-3,8-9H2,(H,14,16). The fraction of sp³-hybridized carbons (Fsp3) is 0.417. The van der Waals surface area contributed by atoms with Crippen LogP contribution in [0.15, 0.2) is 24.3 Å². The van der Waals surface area contributed by atoms with Crippen LogP contribution in [0.4, 0.5) is 0 Å². The lowest BCUT2D eigenvalue weighted by molar-refractivity contribution is 0.0953. The Bertz CT molecular complexity index is 324. The lowest BCUT2D eigenvalue weighted by Crippen LogP contribution is -2.24. The van der Waals surface area contributed by atoms with Gasteiger partial charge in [-0.05, 0) is 43.5 Å². The van der Waals surface area contributed by atoms with E-state index in [4.69, 9.17) is 16.7 Å². The number of halogens is 1. The first-order valence-corrected chi connectivity index (χ1v) is 5.76.